The van der Waals surface area contributed by atoms with Gasteiger partial charge in [-0.3, -0.25) is 9.69 Å². The first-order valence-corrected chi connectivity index (χ1v) is 9.74. The first-order valence-electron chi connectivity index (χ1n) is 9.74. The highest BCUT2D eigenvalue weighted by molar-refractivity contribution is 5.96. The molecule has 2 aromatic rings. The monoisotopic (exact) mass is 376 g/mol. The summed E-state index contributed by atoms with van der Waals surface area (Å²) in [6.07, 6.45) is 5.20. The van der Waals surface area contributed by atoms with Crippen molar-refractivity contribution in [2.45, 2.75) is 19.8 Å². The van der Waals surface area contributed by atoms with E-state index in [4.69, 9.17) is 0 Å². The van der Waals surface area contributed by atoms with Gasteiger partial charge in [0.15, 0.2) is 11.5 Å². The van der Waals surface area contributed by atoms with Crippen molar-refractivity contribution in [3.8, 4) is 6.07 Å². The van der Waals surface area contributed by atoms with E-state index in [0.717, 1.165) is 51.3 Å². The quantitative estimate of drug-likeness (QED) is 0.812. The number of nitrogens with zero attached hydrogens (tertiary/aromatic N) is 6. The van der Waals surface area contributed by atoms with Crippen molar-refractivity contribution in [2.24, 2.45) is 0 Å². The third kappa shape index (κ3) is 3.69. The molecule has 0 atom stereocenters. The summed E-state index contributed by atoms with van der Waals surface area (Å²) < 4.78 is 0. The van der Waals surface area contributed by atoms with Gasteiger partial charge in [-0.15, -0.1) is 0 Å². The summed E-state index contributed by atoms with van der Waals surface area (Å²) in [6, 6.07) is 8.46. The molecule has 0 radical (unpaired) electrons. The van der Waals surface area contributed by atoms with Gasteiger partial charge in [-0.05, 0) is 31.4 Å². The zero-order chi connectivity index (χ0) is 19.5. The van der Waals surface area contributed by atoms with Gasteiger partial charge in [0.1, 0.15) is 6.07 Å². The number of fused-ring (bicyclic) bond motifs is 1. The maximum absolute atomic E-state index is 13.0. The normalized spacial score (nSPS) is 17.1. The molecule has 0 unspecified atom stereocenters. The number of anilines is 2. The lowest BCUT2D eigenvalue weighted by molar-refractivity contribution is -0.119. The van der Waals surface area contributed by atoms with Gasteiger partial charge in [-0.1, -0.05) is 17.7 Å². The fourth-order valence-corrected chi connectivity index (χ4v) is 4.02. The van der Waals surface area contributed by atoms with E-state index in [9.17, 15) is 10.1 Å². The number of hydrogen-bond donors (Lipinski definition) is 0. The third-order valence-corrected chi connectivity index (χ3v) is 5.47. The number of nitriles is 1. The van der Waals surface area contributed by atoms with Crippen LogP contribution in [-0.4, -0.2) is 60.0 Å². The van der Waals surface area contributed by atoms with Crippen molar-refractivity contribution >= 4 is 17.4 Å². The second-order valence-electron chi connectivity index (χ2n) is 7.38. The van der Waals surface area contributed by atoms with Crippen LogP contribution in [0, 0.1) is 18.3 Å². The minimum atomic E-state index is 0.162. The van der Waals surface area contributed by atoms with Crippen molar-refractivity contribution in [1.82, 2.24) is 14.9 Å². The molecule has 4 rings (SSSR count). The van der Waals surface area contributed by atoms with Crippen LogP contribution in [0.5, 0.6) is 0 Å². The number of amides is 1. The topological polar surface area (TPSA) is 76.4 Å². The van der Waals surface area contributed by atoms with Crippen LogP contribution in [-0.2, 0) is 11.2 Å². The predicted molar refractivity (Wildman–Crippen MR) is 107 cm³/mol. The van der Waals surface area contributed by atoms with Crippen molar-refractivity contribution in [2.75, 3.05) is 49.1 Å². The van der Waals surface area contributed by atoms with Crippen LogP contribution >= 0.6 is 0 Å². The van der Waals surface area contributed by atoms with Crippen molar-refractivity contribution in [3.05, 3.63) is 47.4 Å². The minimum absolute atomic E-state index is 0.162. The molecule has 3 heterocycles. The Hall–Kier alpha value is -2.98. The molecule has 1 aromatic carbocycles. The SMILES string of the molecule is Cc1ccc2c(c1)CCCN2C(=O)CN1CCN(c2nccnc2C#N)CC1. The molecule has 1 amide bonds. The molecule has 7 nitrogen and oxygen atoms in total. The largest absolute Gasteiger partial charge is 0.352 e. The molecule has 0 aliphatic carbocycles. The summed E-state index contributed by atoms with van der Waals surface area (Å²) in [7, 11) is 0. The van der Waals surface area contributed by atoms with Crippen molar-refractivity contribution in [1.29, 1.82) is 5.26 Å². The average Bonchev–Trinajstić information content (AvgIpc) is 2.73. The standard InChI is InChI=1S/C21H24N6O/c1-16-4-5-19-17(13-16)3-2-8-27(19)20(28)15-25-9-11-26(12-10-25)21-18(14-22)23-6-7-24-21/h4-7,13H,2-3,8-12,15H2,1H3. The Morgan fingerprint density at radius 1 is 1.14 bits per heavy atom. The molecule has 2 aliphatic heterocycles. The second-order valence-corrected chi connectivity index (χ2v) is 7.38. The van der Waals surface area contributed by atoms with Gasteiger partial charge in [0.25, 0.3) is 0 Å². The van der Waals surface area contributed by atoms with E-state index < -0.39 is 0 Å². The molecule has 2 aliphatic rings. The molecule has 1 aromatic heterocycles. The Morgan fingerprint density at radius 3 is 2.71 bits per heavy atom. The highest BCUT2D eigenvalue weighted by atomic mass is 16.2. The lowest BCUT2D eigenvalue weighted by Gasteiger charge is -2.37. The van der Waals surface area contributed by atoms with Crippen LogP contribution in [0.1, 0.15) is 23.2 Å². The predicted octanol–water partition coefficient (Wildman–Crippen LogP) is 1.76. The molecule has 144 valence electrons. The van der Waals surface area contributed by atoms with Gasteiger partial charge < -0.3 is 9.80 Å². The van der Waals surface area contributed by atoms with E-state index in [0.29, 0.717) is 18.1 Å². The molecule has 0 bridgehead atoms. The van der Waals surface area contributed by atoms with Gasteiger partial charge in [0.2, 0.25) is 5.91 Å². The first kappa shape index (κ1) is 18.4. The van der Waals surface area contributed by atoms with E-state index in [1.165, 1.54) is 17.3 Å². The highest BCUT2D eigenvalue weighted by Gasteiger charge is 2.26. The van der Waals surface area contributed by atoms with Gasteiger partial charge in [-0.25, -0.2) is 9.97 Å². The summed E-state index contributed by atoms with van der Waals surface area (Å²) in [5.74, 6) is 0.798. The number of aromatic nitrogens is 2. The maximum Gasteiger partial charge on any atom is 0.241 e. The van der Waals surface area contributed by atoms with Gasteiger partial charge in [0.05, 0.1) is 6.54 Å². The minimum Gasteiger partial charge on any atom is -0.352 e. The molecule has 7 heteroatoms. The summed E-state index contributed by atoms with van der Waals surface area (Å²) in [5.41, 5.74) is 3.94. The molecule has 0 saturated carbocycles. The molecule has 0 spiro atoms. The van der Waals surface area contributed by atoms with Crippen molar-refractivity contribution in [3.63, 3.8) is 0 Å². The van der Waals surface area contributed by atoms with Gasteiger partial charge >= 0.3 is 0 Å². The average molecular weight is 376 g/mol. The Kier molecular flexibility index (Phi) is 5.22. The van der Waals surface area contributed by atoms with E-state index in [2.05, 4.69) is 51.0 Å². The van der Waals surface area contributed by atoms with Crippen LogP contribution in [0.15, 0.2) is 30.6 Å². The van der Waals surface area contributed by atoms with Crippen LogP contribution in [0.3, 0.4) is 0 Å². The number of aryl methyl sites for hydroxylation is 2. The molecular weight excluding hydrogens is 352 g/mol. The summed E-state index contributed by atoms with van der Waals surface area (Å²) in [5, 5.41) is 9.22. The summed E-state index contributed by atoms with van der Waals surface area (Å²) in [6.45, 7) is 6.30. The number of rotatable bonds is 3. The Labute approximate surface area is 165 Å². The summed E-state index contributed by atoms with van der Waals surface area (Å²) >= 11 is 0. The van der Waals surface area contributed by atoms with Gasteiger partial charge in [0, 0.05) is 50.8 Å². The number of hydrogen-bond acceptors (Lipinski definition) is 6. The fourth-order valence-electron chi connectivity index (χ4n) is 4.02. The third-order valence-electron chi connectivity index (χ3n) is 5.47. The van der Waals surface area contributed by atoms with E-state index in [-0.39, 0.29) is 5.91 Å². The van der Waals surface area contributed by atoms with Crippen LogP contribution in [0.25, 0.3) is 0 Å². The van der Waals surface area contributed by atoms with Gasteiger partial charge in [-0.2, -0.15) is 5.26 Å². The zero-order valence-electron chi connectivity index (χ0n) is 16.1. The lowest BCUT2D eigenvalue weighted by Crippen LogP contribution is -2.51. The number of carbonyl (C=O) groups is 1. The number of benzene rings is 1. The molecule has 1 fully saturated rings. The number of carbonyl (C=O) groups excluding carboxylic acids is 1. The molecule has 28 heavy (non-hydrogen) atoms. The van der Waals surface area contributed by atoms with E-state index >= 15 is 0 Å². The fraction of sp³-hybridized carbons (Fsp3) is 0.429. The maximum atomic E-state index is 13.0. The van der Waals surface area contributed by atoms with Crippen LogP contribution in [0.4, 0.5) is 11.5 Å². The smallest absolute Gasteiger partial charge is 0.241 e. The molecule has 1 saturated heterocycles. The van der Waals surface area contributed by atoms with Crippen LogP contribution < -0.4 is 9.80 Å². The zero-order valence-corrected chi connectivity index (χ0v) is 16.1. The Bertz CT molecular complexity index is 913. The van der Waals surface area contributed by atoms with Crippen molar-refractivity contribution < 1.29 is 4.79 Å². The Morgan fingerprint density at radius 2 is 1.93 bits per heavy atom. The first-order chi connectivity index (χ1) is 13.7. The highest BCUT2D eigenvalue weighted by Crippen LogP contribution is 2.28. The van der Waals surface area contributed by atoms with E-state index in [1.807, 2.05) is 4.90 Å². The lowest BCUT2D eigenvalue weighted by atomic mass is 9.99. The van der Waals surface area contributed by atoms with E-state index in [1.54, 1.807) is 6.20 Å². The Balaban J connectivity index is 1.38. The van der Waals surface area contributed by atoms with Crippen LogP contribution in [0.2, 0.25) is 0 Å². The molecule has 0 N–H and O–H groups in total. The summed E-state index contributed by atoms with van der Waals surface area (Å²) in [4.78, 5) is 27.6. The number of piperazine rings is 1. The molecular formula is C21H24N6O. The second kappa shape index (κ2) is 7.95.